The molecule has 0 saturated heterocycles. The SMILES string of the molecule is CCCCc1c[nH]c(C)[n+]1C.[Cl-]. The zero-order chi connectivity index (χ0) is 8.27. The maximum atomic E-state index is 3.21. The van der Waals surface area contributed by atoms with Crippen LogP contribution in [0.5, 0.6) is 0 Å². The highest BCUT2D eigenvalue weighted by atomic mass is 35.5. The molecule has 1 heterocycles. The smallest absolute Gasteiger partial charge is 0.251 e. The first-order valence-electron chi connectivity index (χ1n) is 4.28. The number of hydrogen-bond donors (Lipinski definition) is 1. The third-order valence-corrected chi connectivity index (χ3v) is 2.17. The van der Waals surface area contributed by atoms with Crippen molar-refractivity contribution in [1.82, 2.24) is 4.98 Å². The quantitative estimate of drug-likeness (QED) is 0.557. The summed E-state index contributed by atoms with van der Waals surface area (Å²) in [5.74, 6) is 1.23. The van der Waals surface area contributed by atoms with Crippen LogP contribution in [0.25, 0.3) is 0 Å². The van der Waals surface area contributed by atoms with Crippen LogP contribution in [0.1, 0.15) is 31.3 Å². The maximum Gasteiger partial charge on any atom is 0.251 e. The average Bonchev–Trinajstić information content (AvgIpc) is 2.31. The zero-order valence-electron chi connectivity index (χ0n) is 8.02. The Morgan fingerprint density at radius 2 is 2.17 bits per heavy atom. The van der Waals surface area contributed by atoms with E-state index in [1.165, 1.54) is 30.8 Å². The van der Waals surface area contributed by atoms with Crippen molar-refractivity contribution in [3.8, 4) is 0 Å². The molecule has 0 spiro atoms. The molecule has 2 nitrogen and oxygen atoms in total. The maximum absolute atomic E-state index is 3.21. The van der Waals surface area contributed by atoms with Crippen LogP contribution in [0.15, 0.2) is 6.20 Å². The van der Waals surface area contributed by atoms with Gasteiger partial charge in [0.1, 0.15) is 11.9 Å². The summed E-state index contributed by atoms with van der Waals surface area (Å²) in [7, 11) is 2.11. The standard InChI is InChI=1S/C9H16N2.ClH/c1-4-5-6-9-7-10-8(2)11(9)3;/h7H,4-6H2,1-3H3;1H. The van der Waals surface area contributed by atoms with Crippen LogP contribution in [-0.4, -0.2) is 4.98 Å². The van der Waals surface area contributed by atoms with Crippen molar-refractivity contribution in [2.24, 2.45) is 7.05 Å². The Morgan fingerprint density at radius 1 is 1.50 bits per heavy atom. The fraction of sp³-hybridized carbons (Fsp3) is 0.667. The Balaban J connectivity index is 0.00000121. The summed E-state index contributed by atoms with van der Waals surface area (Å²) in [4.78, 5) is 3.21. The number of nitrogens with zero attached hydrogens (tertiary/aromatic N) is 1. The van der Waals surface area contributed by atoms with Gasteiger partial charge in [0, 0.05) is 13.3 Å². The molecule has 1 aromatic heterocycles. The number of imidazole rings is 1. The van der Waals surface area contributed by atoms with Gasteiger partial charge in [-0.05, 0) is 6.42 Å². The minimum atomic E-state index is 0. The van der Waals surface area contributed by atoms with Crippen LogP contribution in [0, 0.1) is 6.92 Å². The number of H-pyrrole nitrogens is 1. The highest BCUT2D eigenvalue weighted by molar-refractivity contribution is 4.89. The first-order valence-corrected chi connectivity index (χ1v) is 4.28. The number of hydrogen-bond acceptors (Lipinski definition) is 0. The first-order chi connectivity index (χ1) is 5.25. The molecule has 12 heavy (non-hydrogen) atoms. The molecule has 0 saturated carbocycles. The minimum Gasteiger partial charge on any atom is -1.00 e. The highest BCUT2D eigenvalue weighted by Crippen LogP contribution is 1.98. The molecular formula is C9H17ClN2. The predicted octanol–water partition coefficient (Wildman–Crippen LogP) is -1.51. The van der Waals surface area contributed by atoms with Crippen molar-refractivity contribution >= 4 is 0 Å². The van der Waals surface area contributed by atoms with E-state index in [9.17, 15) is 0 Å². The van der Waals surface area contributed by atoms with Gasteiger partial charge in [0.2, 0.25) is 0 Å². The van der Waals surface area contributed by atoms with E-state index in [-0.39, 0.29) is 12.4 Å². The van der Waals surface area contributed by atoms with E-state index < -0.39 is 0 Å². The van der Waals surface area contributed by atoms with Crippen molar-refractivity contribution in [3.63, 3.8) is 0 Å². The second kappa shape index (κ2) is 5.20. The predicted molar refractivity (Wildman–Crippen MR) is 45.3 cm³/mol. The van der Waals surface area contributed by atoms with E-state index in [1.807, 2.05) is 0 Å². The molecule has 0 fully saturated rings. The van der Waals surface area contributed by atoms with Crippen molar-refractivity contribution in [1.29, 1.82) is 0 Å². The number of rotatable bonds is 3. The summed E-state index contributed by atoms with van der Waals surface area (Å²) in [6, 6.07) is 0. The average molecular weight is 189 g/mol. The molecule has 0 bridgehead atoms. The molecule has 0 aliphatic heterocycles. The van der Waals surface area contributed by atoms with Gasteiger partial charge in [-0.15, -0.1) is 0 Å². The lowest BCUT2D eigenvalue weighted by molar-refractivity contribution is -0.683. The lowest BCUT2D eigenvalue weighted by Gasteiger charge is -1.94. The monoisotopic (exact) mass is 188 g/mol. The lowest BCUT2D eigenvalue weighted by Crippen LogP contribution is -3.00. The fourth-order valence-electron chi connectivity index (χ4n) is 1.19. The van der Waals surface area contributed by atoms with Crippen LogP contribution >= 0.6 is 0 Å². The summed E-state index contributed by atoms with van der Waals surface area (Å²) < 4.78 is 2.22. The largest absolute Gasteiger partial charge is 1.00 e. The van der Waals surface area contributed by atoms with Gasteiger partial charge < -0.3 is 12.4 Å². The Bertz CT molecular complexity index is 230. The third-order valence-electron chi connectivity index (χ3n) is 2.17. The van der Waals surface area contributed by atoms with Gasteiger partial charge in [0.25, 0.3) is 5.82 Å². The van der Waals surface area contributed by atoms with Gasteiger partial charge in [-0.1, -0.05) is 13.3 Å². The number of aromatic amines is 1. The fourth-order valence-corrected chi connectivity index (χ4v) is 1.19. The van der Waals surface area contributed by atoms with Gasteiger partial charge >= 0.3 is 0 Å². The molecule has 0 aromatic carbocycles. The Morgan fingerprint density at radius 3 is 2.58 bits per heavy atom. The molecule has 0 unspecified atom stereocenters. The van der Waals surface area contributed by atoms with Gasteiger partial charge in [-0.25, -0.2) is 9.55 Å². The van der Waals surface area contributed by atoms with Crippen LogP contribution in [0.2, 0.25) is 0 Å². The van der Waals surface area contributed by atoms with Crippen LogP contribution < -0.4 is 17.0 Å². The van der Waals surface area contributed by atoms with E-state index in [2.05, 4.69) is 36.6 Å². The van der Waals surface area contributed by atoms with Crippen LogP contribution in [0.3, 0.4) is 0 Å². The number of aromatic nitrogens is 2. The minimum absolute atomic E-state index is 0. The Kier molecular flexibility index (Phi) is 4.98. The lowest BCUT2D eigenvalue weighted by atomic mass is 10.2. The summed E-state index contributed by atoms with van der Waals surface area (Å²) in [6.07, 6.45) is 5.84. The van der Waals surface area contributed by atoms with Crippen molar-refractivity contribution in [3.05, 3.63) is 17.7 Å². The van der Waals surface area contributed by atoms with Crippen LogP contribution in [0.4, 0.5) is 0 Å². The Hall–Kier alpha value is -0.500. The van der Waals surface area contributed by atoms with E-state index >= 15 is 0 Å². The summed E-state index contributed by atoms with van der Waals surface area (Å²) >= 11 is 0. The topological polar surface area (TPSA) is 19.7 Å². The molecule has 1 N–H and O–H groups in total. The summed E-state index contributed by atoms with van der Waals surface area (Å²) in [5.41, 5.74) is 1.41. The van der Waals surface area contributed by atoms with Crippen LogP contribution in [-0.2, 0) is 13.5 Å². The van der Waals surface area contributed by atoms with Crippen molar-refractivity contribution < 1.29 is 17.0 Å². The molecule has 0 amide bonds. The van der Waals surface area contributed by atoms with E-state index in [0.717, 1.165) is 0 Å². The number of unbranched alkanes of at least 4 members (excludes halogenated alkanes) is 1. The van der Waals surface area contributed by atoms with Gasteiger partial charge in [-0.3, -0.25) is 0 Å². The number of nitrogens with one attached hydrogen (secondary N) is 1. The highest BCUT2D eigenvalue weighted by Gasteiger charge is 2.07. The van der Waals surface area contributed by atoms with E-state index in [1.54, 1.807) is 0 Å². The van der Waals surface area contributed by atoms with E-state index in [0.29, 0.717) is 0 Å². The molecule has 1 aromatic rings. The first kappa shape index (κ1) is 11.5. The van der Waals surface area contributed by atoms with Gasteiger partial charge in [0.05, 0.1) is 7.05 Å². The summed E-state index contributed by atoms with van der Waals surface area (Å²) in [6.45, 7) is 4.31. The van der Waals surface area contributed by atoms with Crippen molar-refractivity contribution in [2.45, 2.75) is 33.1 Å². The second-order valence-electron chi connectivity index (χ2n) is 3.03. The number of halogens is 1. The van der Waals surface area contributed by atoms with Gasteiger partial charge in [0.15, 0.2) is 0 Å². The van der Waals surface area contributed by atoms with E-state index in [4.69, 9.17) is 0 Å². The molecule has 0 atom stereocenters. The zero-order valence-corrected chi connectivity index (χ0v) is 8.78. The molecule has 0 radical (unpaired) electrons. The second-order valence-corrected chi connectivity index (χ2v) is 3.03. The molecule has 0 aliphatic rings. The normalized spacial score (nSPS) is 9.58. The molecule has 3 heteroatoms. The third kappa shape index (κ3) is 2.52. The molecule has 1 rings (SSSR count). The Labute approximate surface area is 80.4 Å². The molecule has 0 aliphatic carbocycles. The van der Waals surface area contributed by atoms with Gasteiger partial charge in [-0.2, -0.15) is 0 Å². The molecular weight excluding hydrogens is 172 g/mol. The van der Waals surface area contributed by atoms with Crippen molar-refractivity contribution in [2.75, 3.05) is 0 Å². The molecule has 70 valence electrons. The summed E-state index contributed by atoms with van der Waals surface area (Å²) in [5, 5.41) is 0. The number of aryl methyl sites for hydroxylation is 2.